The fourth-order valence-electron chi connectivity index (χ4n) is 4.33. The van der Waals surface area contributed by atoms with E-state index in [1.54, 1.807) is 9.80 Å². The summed E-state index contributed by atoms with van der Waals surface area (Å²) in [7, 11) is 4.12. The number of rotatable bonds is 5. The molecule has 2 aliphatic rings. The number of amides is 3. The zero-order valence-electron chi connectivity index (χ0n) is 15.5. The molecule has 25 heavy (non-hydrogen) atoms. The Balaban J connectivity index is 1.89. The van der Waals surface area contributed by atoms with Gasteiger partial charge in [0.2, 0.25) is 5.91 Å². The maximum Gasteiger partial charge on any atom is 0.325 e. The molecular weight excluding hydrogens is 316 g/mol. The van der Waals surface area contributed by atoms with Gasteiger partial charge in [-0.2, -0.15) is 0 Å². The molecule has 6 heteroatoms. The minimum absolute atomic E-state index is 0.000143. The second-order valence-corrected chi connectivity index (χ2v) is 8.07. The first-order valence-electron chi connectivity index (χ1n) is 8.87. The van der Waals surface area contributed by atoms with Gasteiger partial charge >= 0.3 is 6.03 Å². The van der Waals surface area contributed by atoms with Gasteiger partial charge in [0, 0.05) is 24.2 Å². The van der Waals surface area contributed by atoms with Crippen molar-refractivity contribution < 1.29 is 9.59 Å². The second-order valence-electron chi connectivity index (χ2n) is 8.07. The van der Waals surface area contributed by atoms with Crippen molar-refractivity contribution in [3.8, 4) is 0 Å². The van der Waals surface area contributed by atoms with Crippen LogP contribution in [0.25, 0.3) is 0 Å². The number of benzene rings is 1. The van der Waals surface area contributed by atoms with Gasteiger partial charge < -0.3 is 15.5 Å². The molecule has 2 fully saturated rings. The number of urea groups is 1. The maximum absolute atomic E-state index is 12.8. The molecule has 136 valence electrons. The van der Waals surface area contributed by atoms with Gasteiger partial charge in [0.05, 0.1) is 6.04 Å². The zero-order valence-corrected chi connectivity index (χ0v) is 15.5. The van der Waals surface area contributed by atoms with E-state index in [1.807, 2.05) is 24.3 Å². The number of primary amides is 1. The lowest BCUT2D eigenvalue weighted by Crippen LogP contribution is -2.46. The summed E-state index contributed by atoms with van der Waals surface area (Å²) in [5, 5.41) is 0. The van der Waals surface area contributed by atoms with E-state index >= 15 is 0 Å². The second kappa shape index (κ2) is 6.33. The highest BCUT2D eigenvalue weighted by Gasteiger charge is 2.51. The first-order valence-corrected chi connectivity index (χ1v) is 8.87. The third-order valence-corrected chi connectivity index (χ3v) is 5.32. The molecule has 0 aromatic heterocycles. The van der Waals surface area contributed by atoms with Crippen molar-refractivity contribution in [2.24, 2.45) is 5.73 Å². The van der Waals surface area contributed by atoms with E-state index < -0.39 is 11.9 Å². The topological polar surface area (TPSA) is 69.9 Å². The molecule has 2 N–H and O–H groups in total. The first-order chi connectivity index (χ1) is 11.7. The van der Waals surface area contributed by atoms with Crippen molar-refractivity contribution >= 4 is 17.6 Å². The minimum Gasteiger partial charge on any atom is -0.368 e. The molecule has 3 rings (SSSR count). The van der Waals surface area contributed by atoms with Gasteiger partial charge in [0.15, 0.2) is 0 Å². The number of nitrogens with two attached hydrogens (primary N) is 1. The summed E-state index contributed by atoms with van der Waals surface area (Å²) in [5.41, 5.74) is 7.58. The number of carbonyl (C=O) groups is 2. The molecule has 1 aromatic rings. The molecule has 1 aromatic carbocycles. The van der Waals surface area contributed by atoms with Crippen LogP contribution in [0.2, 0.25) is 0 Å². The lowest BCUT2D eigenvalue weighted by Gasteiger charge is -2.30. The molecule has 0 radical (unpaired) electrons. The highest BCUT2D eigenvalue weighted by Crippen LogP contribution is 2.36. The SMILES string of the molecule is CN(C)CC(C)(C)c1ccc(N2C(=O)N3CCC[C@@H]3C2C(N)=O)cc1. The highest BCUT2D eigenvalue weighted by molar-refractivity contribution is 6.03. The number of anilines is 1. The van der Waals surface area contributed by atoms with Gasteiger partial charge in [0.1, 0.15) is 6.04 Å². The third-order valence-electron chi connectivity index (χ3n) is 5.32. The standard InChI is InChI=1S/C19H28N4O2/c1-19(2,12-21(3)4)13-7-9-14(10-8-13)23-16(17(20)24)15-6-5-11-22(15)18(23)25/h7-10,15-16H,5-6,11-12H2,1-4H3,(H2,20,24)/t15-,16?/m1/s1. The molecule has 0 bridgehead atoms. The first kappa shape index (κ1) is 17.7. The Hall–Kier alpha value is -2.08. The van der Waals surface area contributed by atoms with E-state index in [0.717, 1.165) is 25.1 Å². The molecule has 0 saturated carbocycles. The summed E-state index contributed by atoms with van der Waals surface area (Å²) in [5.74, 6) is -0.431. The molecule has 2 saturated heterocycles. The third kappa shape index (κ3) is 3.11. The van der Waals surface area contributed by atoms with Gasteiger partial charge in [-0.25, -0.2) is 4.79 Å². The number of nitrogens with zero attached hydrogens (tertiary/aromatic N) is 3. The Morgan fingerprint density at radius 2 is 1.92 bits per heavy atom. The number of fused-ring (bicyclic) bond motifs is 1. The number of hydrogen-bond acceptors (Lipinski definition) is 3. The van der Waals surface area contributed by atoms with Crippen molar-refractivity contribution in [2.45, 2.75) is 44.2 Å². The van der Waals surface area contributed by atoms with Crippen molar-refractivity contribution in [3.05, 3.63) is 29.8 Å². The molecule has 6 nitrogen and oxygen atoms in total. The van der Waals surface area contributed by atoms with Crippen LogP contribution >= 0.6 is 0 Å². The predicted octanol–water partition coefficient (Wildman–Crippen LogP) is 1.78. The molecule has 1 unspecified atom stereocenters. The molecular formula is C19H28N4O2. The zero-order chi connectivity index (χ0) is 18.4. The van der Waals surface area contributed by atoms with E-state index in [9.17, 15) is 9.59 Å². The highest BCUT2D eigenvalue weighted by atomic mass is 16.2. The van der Waals surface area contributed by atoms with E-state index in [1.165, 1.54) is 5.56 Å². The molecule has 3 amide bonds. The van der Waals surface area contributed by atoms with Gasteiger partial charge in [0.25, 0.3) is 0 Å². The van der Waals surface area contributed by atoms with Crippen LogP contribution in [0.15, 0.2) is 24.3 Å². The van der Waals surface area contributed by atoms with Crippen molar-refractivity contribution in [1.29, 1.82) is 0 Å². The average Bonchev–Trinajstić information content (AvgIpc) is 3.08. The number of carbonyl (C=O) groups excluding carboxylic acids is 2. The molecule has 0 spiro atoms. The van der Waals surface area contributed by atoms with Gasteiger partial charge in [-0.3, -0.25) is 9.69 Å². The summed E-state index contributed by atoms with van der Waals surface area (Å²) in [6, 6.07) is 7.20. The van der Waals surface area contributed by atoms with Crippen LogP contribution in [-0.4, -0.2) is 61.0 Å². The Kier molecular flexibility index (Phi) is 4.49. The predicted molar refractivity (Wildman–Crippen MR) is 98.6 cm³/mol. The summed E-state index contributed by atoms with van der Waals surface area (Å²) < 4.78 is 0. The smallest absolute Gasteiger partial charge is 0.325 e. The Morgan fingerprint density at radius 3 is 2.48 bits per heavy atom. The lowest BCUT2D eigenvalue weighted by atomic mass is 9.84. The normalized spacial score (nSPS) is 23.5. The Bertz CT molecular complexity index is 669. The summed E-state index contributed by atoms with van der Waals surface area (Å²) in [6.07, 6.45) is 1.77. The fourth-order valence-corrected chi connectivity index (χ4v) is 4.33. The van der Waals surface area contributed by atoms with Crippen LogP contribution in [0.1, 0.15) is 32.3 Å². The maximum atomic E-state index is 12.8. The molecule has 2 aliphatic heterocycles. The average molecular weight is 344 g/mol. The summed E-state index contributed by atoms with van der Waals surface area (Å²) >= 11 is 0. The number of likely N-dealkylation sites (N-methyl/N-ethyl adjacent to an activating group) is 1. The van der Waals surface area contributed by atoms with Crippen molar-refractivity contribution in [1.82, 2.24) is 9.80 Å². The minimum atomic E-state index is -0.573. The van der Waals surface area contributed by atoms with Crippen LogP contribution in [0, 0.1) is 0 Å². The van der Waals surface area contributed by atoms with Crippen LogP contribution in [0.3, 0.4) is 0 Å². The monoisotopic (exact) mass is 344 g/mol. The van der Waals surface area contributed by atoms with E-state index in [-0.39, 0.29) is 17.5 Å². The quantitative estimate of drug-likeness (QED) is 0.885. The van der Waals surface area contributed by atoms with Crippen LogP contribution in [0.5, 0.6) is 0 Å². The van der Waals surface area contributed by atoms with Crippen LogP contribution < -0.4 is 10.6 Å². The molecule has 0 aliphatic carbocycles. The van der Waals surface area contributed by atoms with E-state index in [0.29, 0.717) is 6.54 Å². The van der Waals surface area contributed by atoms with Crippen LogP contribution in [-0.2, 0) is 10.2 Å². The van der Waals surface area contributed by atoms with E-state index in [4.69, 9.17) is 5.73 Å². The lowest BCUT2D eigenvalue weighted by molar-refractivity contribution is -0.119. The Labute approximate surface area is 149 Å². The van der Waals surface area contributed by atoms with E-state index in [2.05, 4.69) is 32.8 Å². The summed E-state index contributed by atoms with van der Waals surface area (Å²) in [6.45, 7) is 6.03. The molecule has 2 heterocycles. The molecule has 2 atom stereocenters. The Morgan fingerprint density at radius 1 is 1.28 bits per heavy atom. The van der Waals surface area contributed by atoms with Gasteiger partial charge in [-0.15, -0.1) is 0 Å². The fraction of sp³-hybridized carbons (Fsp3) is 0.579. The number of hydrogen-bond donors (Lipinski definition) is 1. The van der Waals surface area contributed by atoms with Crippen LogP contribution in [0.4, 0.5) is 10.5 Å². The largest absolute Gasteiger partial charge is 0.368 e. The van der Waals surface area contributed by atoms with Gasteiger partial charge in [-0.1, -0.05) is 26.0 Å². The van der Waals surface area contributed by atoms with Crippen molar-refractivity contribution in [3.63, 3.8) is 0 Å². The van der Waals surface area contributed by atoms with Crippen molar-refractivity contribution in [2.75, 3.05) is 32.1 Å². The van der Waals surface area contributed by atoms with Gasteiger partial charge in [-0.05, 0) is 44.6 Å². The summed E-state index contributed by atoms with van der Waals surface area (Å²) in [4.78, 5) is 30.3.